The molecule has 0 saturated heterocycles. The van der Waals surface area contributed by atoms with Gasteiger partial charge in [0.25, 0.3) is 0 Å². The molecular formula is C13H20Br2N2S. The van der Waals surface area contributed by atoms with Crippen molar-refractivity contribution in [3.8, 4) is 0 Å². The molecule has 0 bridgehead atoms. The lowest BCUT2D eigenvalue weighted by atomic mass is 10.1. The third-order valence-electron chi connectivity index (χ3n) is 3.40. The van der Waals surface area contributed by atoms with Crippen LogP contribution in [0.2, 0.25) is 0 Å². The van der Waals surface area contributed by atoms with E-state index in [0.29, 0.717) is 12.6 Å². The Bertz CT molecular complexity index is 371. The number of hydrogen-bond donors (Lipinski definition) is 1. The molecule has 2 N–H and O–H groups in total. The number of hydrogen-bond acceptors (Lipinski definition) is 3. The molecule has 0 amide bonds. The van der Waals surface area contributed by atoms with E-state index in [1.807, 2.05) is 0 Å². The third-order valence-corrected chi connectivity index (χ3v) is 6.76. The molecule has 1 aliphatic rings. The number of thiophene rings is 1. The van der Waals surface area contributed by atoms with Crippen LogP contribution in [-0.4, -0.2) is 24.0 Å². The van der Waals surface area contributed by atoms with E-state index in [4.69, 9.17) is 5.73 Å². The molecule has 18 heavy (non-hydrogen) atoms. The van der Waals surface area contributed by atoms with Gasteiger partial charge in [-0.2, -0.15) is 0 Å². The second-order valence-corrected chi connectivity index (χ2v) is 8.10. The van der Waals surface area contributed by atoms with Gasteiger partial charge in [-0.05, 0) is 63.7 Å². The molecule has 1 atom stereocenters. The molecule has 1 heterocycles. The highest BCUT2D eigenvalue weighted by Gasteiger charge is 2.34. The first kappa shape index (κ1) is 15.0. The summed E-state index contributed by atoms with van der Waals surface area (Å²) in [5.41, 5.74) is 6.04. The van der Waals surface area contributed by atoms with Gasteiger partial charge in [-0.1, -0.05) is 13.3 Å². The topological polar surface area (TPSA) is 29.3 Å². The molecule has 5 heteroatoms. The van der Waals surface area contributed by atoms with Crippen LogP contribution < -0.4 is 5.73 Å². The maximum atomic E-state index is 6.04. The van der Waals surface area contributed by atoms with E-state index >= 15 is 0 Å². The monoisotopic (exact) mass is 394 g/mol. The Labute approximate surface area is 130 Å². The van der Waals surface area contributed by atoms with Crippen LogP contribution in [0, 0.1) is 0 Å². The minimum atomic E-state index is 0.386. The molecule has 2 nitrogen and oxygen atoms in total. The van der Waals surface area contributed by atoms with Gasteiger partial charge < -0.3 is 5.73 Å². The number of nitrogens with zero attached hydrogens (tertiary/aromatic N) is 1. The van der Waals surface area contributed by atoms with Crippen molar-refractivity contribution in [1.29, 1.82) is 0 Å². The molecule has 2 rings (SSSR count). The van der Waals surface area contributed by atoms with Gasteiger partial charge in [0.15, 0.2) is 0 Å². The highest BCUT2D eigenvalue weighted by Crippen LogP contribution is 2.40. The Hall–Kier alpha value is 0.580. The molecule has 0 aromatic carbocycles. The zero-order chi connectivity index (χ0) is 13.1. The summed E-state index contributed by atoms with van der Waals surface area (Å²) in [7, 11) is 0. The number of rotatable bonds is 7. The van der Waals surface area contributed by atoms with Gasteiger partial charge in [0.05, 0.1) is 9.83 Å². The fraction of sp³-hybridized carbons (Fsp3) is 0.692. The van der Waals surface area contributed by atoms with Crippen LogP contribution in [0.3, 0.4) is 0 Å². The molecule has 102 valence electrons. The van der Waals surface area contributed by atoms with Crippen LogP contribution in [0.25, 0.3) is 0 Å². The second kappa shape index (κ2) is 6.84. The number of nitrogens with two attached hydrogens (primary N) is 1. The van der Waals surface area contributed by atoms with E-state index in [1.54, 1.807) is 11.3 Å². The van der Waals surface area contributed by atoms with Crippen LogP contribution in [-0.2, 0) is 0 Å². The number of halogens is 2. The smallest absolute Gasteiger partial charge is 0.0843 e. The van der Waals surface area contributed by atoms with Gasteiger partial charge in [-0.25, -0.2) is 0 Å². The summed E-state index contributed by atoms with van der Waals surface area (Å²) in [5, 5.41) is 0. The lowest BCUT2D eigenvalue weighted by molar-refractivity contribution is 0.191. The minimum Gasteiger partial charge on any atom is -0.329 e. The lowest BCUT2D eigenvalue weighted by Gasteiger charge is -2.30. The maximum Gasteiger partial charge on any atom is 0.0843 e. The summed E-state index contributed by atoms with van der Waals surface area (Å²) >= 11 is 8.95. The van der Waals surface area contributed by atoms with Crippen molar-refractivity contribution in [2.75, 3.05) is 13.1 Å². The van der Waals surface area contributed by atoms with Gasteiger partial charge >= 0.3 is 0 Å². The van der Waals surface area contributed by atoms with Crippen LogP contribution in [0.15, 0.2) is 14.3 Å². The number of unbranched alkanes of at least 4 members (excludes halogenated alkanes) is 1. The first-order valence-electron chi connectivity index (χ1n) is 6.57. The van der Waals surface area contributed by atoms with Crippen molar-refractivity contribution in [1.82, 2.24) is 4.90 Å². The first-order chi connectivity index (χ1) is 8.67. The van der Waals surface area contributed by atoms with Gasteiger partial charge in [0.2, 0.25) is 0 Å². The van der Waals surface area contributed by atoms with E-state index < -0.39 is 0 Å². The Morgan fingerprint density at radius 2 is 2.22 bits per heavy atom. The predicted molar refractivity (Wildman–Crippen MR) is 86.2 cm³/mol. The highest BCUT2D eigenvalue weighted by molar-refractivity contribution is 9.13. The summed E-state index contributed by atoms with van der Waals surface area (Å²) < 4.78 is 2.31. The van der Waals surface area contributed by atoms with Crippen molar-refractivity contribution in [2.24, 2.45) is 5.73 Å². The molecule has 1 saturated carbocycles. The highest BCUT2D eigenvalue weighted by atomic mass is 79.9. The molecule has 1 aliphatic carbocycles. The molecule has 0 aliphatic heterocycles. The zero-order valence-corrected chi connectivity index (χ0v) is 14.7. The molecule has 0 spiro atoms. The van der Waals surface area contributed by atoms with E-state index in [-0.39, 0.29) is 0 Å². The van der Waals surface area contributed by atoms with E-state index in [0.717, 1.165) is 10.5 Å². The van der Waals surface area contributed by atoms with Gasteiger partial charge in [0, 0.05) is 21.9 Å². The molecule has 1 fully saturated rings. The average Bonchev–Trinajstić information content (AvgIpc) is 3.13. The summed E-state index contributed by atoms with van der Waals surface area (Å²) in [6.45, 7) is 4.14. The Morgan fingerprint density at radius 3 is 2.67 bits per heavy atom. The summed E-state index contributed by atoms with van der Waals surface area (Å²) in [4.78, 5) is 3.99. The van der Waals surface area contributed by atoms with Crippen molar-refractivity contribution in [3.05, 3.63) is 19.2 Å². The first-order valence-corrected chi connectivity index (χ1v) is 8.98. The van der Waals surface area contributed by atoms with Gasteiger partial charge in [-0.15, -0.1) is 11.3 Å². The van der Waals surface area contributed by atoms with Gasteiger partial charge in [-0.3, -0.25) is 4.90 Å². The molecule has 1 unspecified atom stereocenters. The minimum absolute atomic E-state index is 0.386. The van der Waals surface area contributed by atoms with Crippen LogP contribution in [0.5, 0.6) is 0 Å². The van der Waals surface area contributed by atoms with Crippen molar-refractivity contribution < 1.29 is 0 Å². The standard InChI is InChI=1S/C13H20Br2N2S/c1-2-3-6-17(9-4-5-9)11(8-16)12-7-10(14)13(15)18-12/h7,9,11H,2-6,8,16H2,1H3. The fourth-order valence-corrected chi connectivity index (χ4v) is 4.51. The second-order valence-electron chi connectivity index (χ2n) is 4.84. The molecular weight excluding hydrogens is 376 g/mol. The maximum absolute atomic E-state index is 6.04. The Morgan fingerprint density at radius 1 is 1.50 bits per heavy atom. The lowest BCUT2D eigenvalue weighted by Crippen LogP contribution is -2.35. The summed E-state index contributed by atoms with van der Waals surface area (Å²) in [5.74, 6) is 0. The van der Waals surface area contributed by atoms with E-state index in [2.05, 4.69) is 49.7 Å². The van der Waals surface area contributed by atoms with Crippen LogP contribution in [0.4, 0.5) is 0 Å². The normalized spacial score (nSPS) is 17.4. The van der Waals surface area contributed by atoms with Crippen molar-refractivity contribution in [2.45, 2.75) is 44.7 Å². The molecule has 1 aromatic rings. The largest absolute Gasteiger partial charge is 0.329 e. The van der Waals surface area contributed by atoms with Crippen LogP contribution >= 0.6 is 43.2 Å². The van der Waals surface area contributed by atoms with E-state index in [9.17, 15) is 0 Å². The van der Waals surface area contributed by atoms with Crippen LogP contribution in [0.1, 0.15) is 43.5 Å². The summed E-state index contributed by atoms with van der Waals surface area (Å²) in [6.07, 6.45) is 5.20. The SMILES string of the molecule is CCCCN(C1CC1)C(CN)c1cc(Br)c(Br)s1. The Balaban J connectivity index is 2.13. The average molecular weight is 396 g/mol. The third kappa shape index (κ3) is 3.57. The fourth-order valence-electron chi connectivity index (χ4n) is 2.28. The quantitative estimate of drug-likeness (QED) is 0.734. The zero-order valence-electron chi connectivity index (χ0n) is 10.7. The molecule has 0 radical (unpaired) electrons. The predicted octanol–water partition coefficient (Wildman–Crippen LogP) is 4.54. The van der Waals surface area contributed by atoms with Crippen molar-refractivity contribution >= 4 is 43.2 Å². The Kier molecular flexibility index (Phi) is 5.69. The van der Waals surface area contributed by atoms with Crippen molar-refractivity contribution in [3.63, 3.8) is 0 Å². The molecule has 1 aromatic heterocycles. The van der Waals surface area contributed by atoms with E-state index in [1.165, 1.54) is 40.9 Å². The van der Waals surface area contributed by atoms with Gasteiger partial charge in [0.1, 0.15) is 0 Å². The summed E-state index contributed by atoms with van der Waals surface area (Å²) in [6, 6.07) is 3.37.